The van der Waals surface area contributed by atoms with Crippen LogP contribution in [-0.4, -0.2) is 65.9 Å². The Morgan fingerprint density at radius 3 is 1.46 bits per heavy atom. The normalized spacial score (nSPS) is 13.7. The van der Waals surface area contributed by atoms with Crippen LogP contribution >= 0.6 is 22.7 Å². The monoisotopic (exact) mass is 1030 g/mol. The first-order valence-corrected chi connectivity index (χ1v) is 24.2. The number of amides is 1. The van der Waals surface area contributed by atoms with Crippen molar-refractivity contribution in [2.75, 3.05) is 23.8 Å². The lowest BCUT2D eigenvalue weighted by Gasteiger charge is -2.33. The number of carbonyl (C=O) groups excluding carboxylic acids is 1. The summed E-state index contributed by atoms with van der Waals surface area (Å²) in [5.74, 6) is 0.288. The van der Waals surface area contributed by atoms with Crippen LogP contribution in [0.25, 0.3) is 22.5 Å². The maximum absolute atomic E-state index is 14.1. The van der Waals surface area contributed by atoms with Crippen LogP contribution in [0.4, 0.5) is 53.3 Å². The second kappa shape index (κ2) is 23.0. The number of nitrogens with zero attached hydrogens (tertiary/aromatic N) is 6. The van der Waals surface area contributed by atoms with Gasteiger partial charge in [-0.2, -0.15) is 26.3 Å². The van der Waals surface area contributed by atoms with Crippen molar-refractivity contribution in [2.24, 2.45) is 17.6 Å². The van der Waals surface area contributed by atoms with Gasteiger partial charge in [0.25, 0.3) is 0 Å². The van der Waals surface area contributed by atoms with Crippen molar-refractivity contribution < 1.29 is 45.3 Å². The van der Waals surface area contributed by atoms with E-state index in [9.17, 15) is 31.1 Å². The Morgan fingerprint density at radius 2 is 1.08 bits per heavy atom. The second-order valence-corrected chi connectivity index (χ2v) is 21.1. The molecule has 4 aromatic heterocycles. The molecule has 0 unspecified atom stereocenters. The maximum atomic E-state index is 14.1. The van der Waals surface area contributed by atoms with E-state index in [4.69, 9.17) is 19.9 Å². The van der Waals surface area contributed by atoms with Crippen LogP contribution in [0.1, 0.15) is 97.7 Å². The van der Waals surface area contributed by atoms with Gasteiger partial charge in [-0.1, -0.05) is 27.7 Å². The summed E-state index contributed by atoms with van der Waals surface area (Å²) in [5, 5.41) is 13.6. The van der Waals surface area contributed by atoms with Crippen LogP contribution in [0.3, 0.4) is 0 Å². The minimum atomic E-state index is -4.69. The predicted octanol–water partition coefficient (Wildman–Crippen LogP) is 13.2. The number of aryl methyl sites for hydroxylation is 2. The van der Waals surface area contributed by atoms with E-state index in [-0.39, 0.29) is 48.1 Å². The molecule has 0 bridgehead atoms. The summed E-state index contributed by atoms with van der Waals surface area (Å²) < 4.78 is 100. The Morgan fingerprint density at radius 1 is 0.648 bits per heavy atom. The van der Waals surface area contributed by atoms with Crippen molar-refractivity contribution in [1.29, 1.82) is 0 Å². The number of ether oxygens (including phenoxy) is 3. The van der Waals surface area contributed by atoms with E-state index in [1.54, 1.807) is 46.8 Å². The zero-order valence-corrected chi connectivity index (χ0v) is 43.0. The van der Waals surface area contributed by atoms with Gasteiger partial charge in [0.2, 0.25) is 11.9 Å². The number of alkyl carbamates (subject to hydrolysis) is 1. The molecule has 4 heterocycles. The summed E-state index contributed by atoms with van der Waals surface area (Å²) in [6, 6.07) is 10.7. The van der Waals surface area contributed by atoms with E-state index >= 15 is 0 Å². The van der Waals surface area contributed by atoms with E-state index in [0.717, 1.165) is 23.5 Å². The number of nitrogens with two attached hydrogens (primary N) is 1. The fourth-order valence-electron chi connectivity index (χ4n) is 7.32. The Kier molecular flexibility index (Phi) is 18.0. The molecule has 0 aliphatic carbocycles. The maximum Gasteiger partial charge on any atom is 0.419 e. The smallest absolute Gasteiger partial charge is 0.419 e. The number of hydrogen-bond acceptors (Lipinski definition) is 15. The van der Waals surface area contributed by atoms with E-state index in [1.807, 2.05) is 52.3 Å². The molecule has 71 heavy (non-hydrogen) atoms. The highest BCUT2D eigenvalue weighted by atomic mass is 32.1. The Hall–Kier alpha value is -6.13. The van der Waals surface area contributed by atoms with Gasteiger partial charge < -0.3 is 35.9 Å². The van der Waals surface area contributed by atoms with E-state index in [1.165, 1.54) is 59.3 Å². The zero-order valence-electron chi connectivity index (χ0n) is 41.4. The molecule has 0 aliphatic heterocycles. The predicted molar refractivity (Wildman–Crippen MR) is 265 cm³/mol. The Labute approximate surface area is 417 Å². The molecule has 6 aromatic rings. The lowest BCUT2D eigenvalue weighted by Crippen LogP contribution is -2.52. The summed E-state index contributed by atoms with van der Waals surface area (Å²) >= 11 is 2.76. The standard InChI is InChI=1S/C27H34F3N5O3S.C22H26F3N5OS/c1-16(2)13-26(7,35-24(36)38-25(4,5)6)15-37-21-9-8-18(12-19(21)27(28,29)30)20-10-11-31-22(33-20)34-23-32-17(3)14-39-23;1-13(2)10-21(4,26)12-31-18-6-5-15(9-16(18)22(23,24)25)17-7-8-27-19(29-17)30-20-28-14(3)11-32-20/h8-12,14,16H,13,15H2,1-7H3,(H,35,36)(H,31,32,33,34);5-9,11,13H,10,12,26H2,1-4H3,(H,27,28,29,30)/t26-;21-/m00/s1. The average molecular weight is 1030 g/mol. The Balaban J connectivity index is 0.000000269. The molecule has 0 aliphatic rings. The van der Waals surface area contributed by atoms with Crippen molar-refractivity contribution in [3.8, 4) is 34.0 Å². The van der Waals surface area contributed by atoms with Crippen molar-refractivity contribution >= 4 is 50.9 Å². The van der Waals surface area contributed by atoms with Crippen LogP contribution in [0.5, 0.6) is 11.5 Å². The van der Waals surface area contributed by atoms with Gasteiger partial charge in [0, 0.05) is 39.8 Å². The second-order valence-electron chi connectivity index (χ2n) is 19.4. The highest BCUT2D eigenvalue weighted by Crippen LogP contribution is 2.41. The molecule has 0 saturated carbocycles. The SMILES string of the molecule is Cc1csc(Nc2nccc(-c3ccc(OC[C@@](C)(N)CC(C)C)c(C(F)(F)F)c3)n2)n1.Cc1csc(Nc2nccc(-c3ccc(OC[C@](C)(CC(C)C)NC(=O)OC(C)(C)C)c(C(F)(F)F)c3)n2)n1. The number of carbonyl (C=O) groups is 1. The Bertz CT molecular complexity index is 2720. The van der Waals surface area contributed by atoms with Gasteiger partial charge in [-0.3, -0.25) is 0 Å². The number of halogens is 6. The lowest BCUT2D eigenvalue weighted by atomic mass is 9.91. The molecule has 2 aromatic carbocycles. The largest absolute Gasteiger partial charge is 0.491 e. The number of hydrogen-bond donors (Lipinski definition) is 4. The van der Waals surface area contributed by atoms with Crippen molar-refractivity contribution in [3.05, 3.63) is 94.2 Å². The third kappa shape index (κ3) is 17.6. The summed E-state index contributed by atoms with van der Waals surface area (Å²) in [4.78, 5) is 38.0. The van der Waals surface area contributed by atoms with Crippen molar-refractivity contribution in [1.82, 2.24) is 35.2 Å². The first-order chi connectivity index (χ1) is 33.0. The number of anilines is 4. The van der Waals surface area contributed by atoms with Gasteiger partial charge in [0.15, 0.2) is 10.3 Å². The third-order valence-corrected chi connectivity index (χ3v) is 11.5. The van der Waals surface area contributed by atoms with Crippen LogP contribution < -0.4 is 31.2 Å². The first-order valence-electron chi connectivity index (χ1n) is 22.5. The molecule has 2 atom stereocenters. The van der Waals surface area contributed by atoms with Crippen LogP contribution in [0.15, 0.2) is 71.7 Å². The lowest BCUT2D eigenvalue weighted by molar-refractivity contribution is -0.139. The molecule has 22 heteroatoms. The number of benzene rings is 2. The number of aromatic nitrogens is 6. The highest BCUT2D eigenvalue weighted by molar-refractivity contribution is 7.14. The van der Waals surface area contributed by atoms with Gasteiger partial charge in [-0.15, -0.1) is 22.7 Å². The number of thiazole rings is 2. The van der Waals surface area contributed by atoms with Crippen molar-refractivity contribution in [3.63, 3.8) is 0 Å². The summed E-state index contributed by atoms with van der Waals surface area (Å²) in [6.45, 7) is 20.1. The molecule has 384 valence electrons. The van der Waals surface area contributed by atoms with Gasteiger partial charge in [0.05, 0.1) is 39.4 Å². The third-order valence-electron chi connectivity index (χ3n) is 9.79. The van der Waals surface area contributed by atoms with Gasteiger partial charge in [-0.05, 0) is 122 Å². The van der Waals surface area contributed by atoms with Crippen LogP contribution in [0.2, 0.25) is 0 Å². The van der Waals surface area contributed by atoms with E-state index < -0.39 is 46.3 Å². The van der Waals surface area contributed by atoms with E-state index in [0.29, 0.717) is 46.0 Å². The molecule has 5 N–H and O–H groups in total. The molecule has 1 amide bonds. The summed E-state index contributed by atoms with van der Waals surface area (Å²) in [6.07, 6.45) is -5.92. The average Bonchev–Trinajstić information content (AvgIpc) is 3.86. The highest BCUT2D eigenvalue weighted by Gasteiger charge is 2.38. The van der Waals surface area contributed by atoms with Gasteiger partial charge in [-0.25, -0.2) is 34.7 Å². The van der Waals surface area contributed by atoms with E-state index in [2.05, 4.69) is 45.9 Å². The fourth-order valence-corrected chi connectivity index (χ4v) is 8.68. The topological polar surface area (TPSA) is 184 Å². The van der Waals surface area contributed by atoms with Crippen LogP contribution in [0, 0.1) is 25.7 Å². The molecule has 0 fully saturated rings. The molecular formula is C49H60F6N10O4S2. The number of nitrogens with one attached hydrogen (secondary N) is 3. The zero-order chi connectivity index (χ0) is 52.5. The quantitative estimate of drug-likeness (QED) is 0.0634. The minimum absolute atomic E-state index is 0.0254. The van der Waals surface area contributed by atoms with Crippen LogP contribution in [-0.2, 0) is 17.1 Å². The minimum Gasteiger partial charge on any atom is -0.491 e. The van der Waals surface area contributed by atoms with Gasteiger partial charge >= 0.3 is 18.4 Å². The van der Waals surface area contributed by atoms with Crippen molar-refractivity contribution in [2.45, 2.75) is 118 Å². The number of alkyl halides is 6. The number of rotatable bonds is 17. The summed E-state index contributed by atoms with van der Waals surface area (Å²) in [5.41, 5.74) is 4.79. The summed E-state index contributed by atoms with van der Waals surface area (Å²) in [7, 11) is 0. The molecule has 0 radical (unpaired) electrons. The molecule has 0 saturated heterocycles. The first kappa shape index (κ1) is 55.8. The fraction of sp³-hybridized carbons (Fsp3) is 0.449. The molecule has 6 rings (SSSR count). The molecular weight excluding hydrogens is 971 g/mol. The molecule has 0 spiro atoms. The molecule has 14 nitrogen and oxygen atoms in total. The van der Waals surface area contributed by atoms with Gasteiger partial charge in [0.1, 0.15) is 30.3 Å².